The van der Waals surface area contributed by atoms with Crippen LogP contribution in [0, 0.1) is 0 Å². The predicted molar refractivity (Wildman–Crippen MR) is 117 cm³/mol. The maximum Gasteiger partial charge on any atom is 0.337 e. The van der Waals surface area contributed by atoms with Crippen LogP contribution in [-0.2, 0) is 16.0 Å². The standard InChI is InChI=1S/C25H20N2O5/c1-32-25(31)17-10-7-11-18(15-17)26-22(28)21(14-16-8-3-2-4-9-16)27-23(29)19-12-5-6-13-20(19)24(27)30/h2-13,15,21H,14H2,1H3,(H,26,28)/t21-/m0/s1. The third kappa shape index (κ3) is 4.00. The number of ether oxygens (including phenoxy) is 1. The van der Waals surface area contributed by atoms with Crippen LogP contribution in [0.3, 0.4) is 0 Å². The van der Waals surface area contributed by atoms with E-state index in [-0.39, 0.29) is 23.1 Å². The van der Waals surface area contributed by atoms with Crippen LogP contribution >= 0.6 is 0 Å². The molecule has 0 saturated carbocycles. The number of hydrogen-bond donors (Lipinski definition) is 1. The largest absolute Gasteiger partial charge is 0.465 e. The summed E-state index contributed by atoms with van der Waals surface area (Å²) in [6, 6.07) is 20.9. The summed E-state index contributed by atoms with van der Waals surface area (Å²) in [6.45, 7) is 0. The van der Waals surface area contributed by atoms with Crippen molar-refractivity contribution < 1.29 is 23.9 Å². The number of esters is 1. The Balaban J connectivity index is 1.66. The minimum absolute atomic E-state index is 0.148. The van der Waals surface area contributed by atoms with Crippen molar-refractivity contribution in [3.63, 3.8) is 0 Å². The van der Waals surface area contributed by atoms with E-state index in [9.17, 15) is 19.2 Å². The van der Waals surface area contributed by atoms with E-state index in [1.54, 1.807) is 42.5 Å². The second kappa shape index (κ2) is 8.85. The third-order valence-corrected chi connectivity index (χ3v) is 5.26. The van der Waals surface area contributed by atoms with Crippen molar-refractivity contribution in [2.24, 2.45) is 0 Å². The molecule has 0 aromatic heterocycles. The zero-order valence-corrected chi connectivity index (χ0v) is 17.3. The molecule has 3 amide bonds. The Morgan fingerprint density at radius 1 is 0.875 bits per heavy atom. The molecule has 0 saturated heterocycles. The number of fused-ring (bicyclic) bond motifs is 1. The molecule has 7 nitrogen and oxygen atoms in total. The van der Waals surface area contributed by atoms with E-state index in [0.29, 0.717) is 5.69 Å². The lowest BCUT2D eigenvalue weighted by Crippen LogP contribution is -2.48. The van der Waals surface area contributed by atoms with E-state index in [1.165, 1.54) is 13.2 Å². The molecule has 1 aliphatic rings. The quantitative estimate of drug-likeness (QED) is 0.480. The van der Waals surface area contributed by atoms with E-state index < -0.39 is 29.7 Å². The third-order valence-electron chi connectivity index (χ3n) is 5.26. The van der Waals surface area contributed by atoms with Gasteiger partial charge in [0.25, 0.3) is 11.8 Å². The van der Waals surface area contributed by atoms with E-state index in [0.717, 1.165) is 10.5 Å². The first kappa shape index (κ1) is 21.0. The second-order valence-electron chi connectivity index (χ2n) is 7.29. The Morgan fingerprint density at radius 3 is 2.12 bits per heavy atom. The van der Waals surface area contributed by atoms with Gasteiger partial charge in [0.15, 0.2) is 0 Å². The Bertz CT molecular complexity index is 1170. The average Bonchev–Trinajstić information content (AvgIpc) is 3.08. The number of nitrogens with zero attached hydrogens (tertiary/aromatic N) is 1. The van der Waals surface area contributed by atoms with Crippen LogP contribution in [0.2, 0.25) is 0 Å². The molecular formula is C25H20N2O5. The number of benzene rings is 3. The maximum absolute atomic E-state index is 13.3. The van der Waals surface area contributed by atoms with Crippen molar-refractivity contribution in [2.45, 2.75) is 12.5 Å². The normalized spacial score (nSPS) is 13.5. The van der Waals surface area contributed by atoms with Gasteiger partial charge in [0.1, 0.15) is 6.04 Å². The van der Waals surface area contributed by atoms with E-state index >= 15 is 0 Å². The Morgan fingerprint density at radius 2 is 1.50 bits per heavy atom. The van der Waals surface area contributed by atoms with Gasteiger partial charge < -0.3 is 10.1 Å². The van der Waals surface area contributed by atoms with Gasteiger partial charge in [-0.05, 0) is 35.9 Å². The van der Waals surface area contributed by atoms with Gasteiger partial charge in [-0.1, -0.05) is 48.5 Å². The Hall–Kier alpha value is -4.26. The molecular weight excluding hydrogens is 408 g/mol. The molecule has 0 bridgehead atoms. The van der Waals surface area contributed by atoms with Gasteiger partial charge in [-0.25, -0.2) is 4.79 Å². The summed E-state index contributed by atoms with van der Waals surface area (Å²) in [6.07, 6.45) is 0.148. The van der Waals surface area contributed by atoms with Crippen molar-refractivity contribution in [2.75, 3.05) is 12.4 Å². The van der Waals surface area contributed by atoms with Gasteiger partial charge in [-0.15, -0.1) is 0 Å². The smallest absolute Gasteiger partial charge is 0.337 e. The van der Waals surface area contributed by atoms with Crippen LogP contribution < -0.4 is 5.32 Å². The predicted octanol–water partition coefficient (Wildman–Crippen LogP) is 3.32. The highest BCUT2D eigenvalue weighted by molar-refractivity contribution is 6.23. The molecule has 1 atom stereocenters. The molecule has 32 heavy (non-hydrogen) atoms. The van der Waals surface area contributed by atoms with Crippen molar-refractivity contribution in [1.29, 1.82) is 0 Å². The monoisotopic (exact) mass is 428 g/mol. The summed E-state index contributed by atoms with van der Waals surface area (Å²) < 4.78 is 4.72. The van der Waals surface area contributed by atoms with Crippen molar-refractivity contribution >= 4 is 29.4 Å². The fraction of sp³-hybridized carbons (Fsp3) is 0.120. The van der Waals surface area contributed by atoms with Gasteiger partial charge in [0, 0.05) is 12.1 Å². The second-order valence-corrected chi connectivity index (χ2v) is 7.29. The Kier molecular flexibility index (Phi) is 5.81. The molecule has 160 valence electrons. The van der Waals surface area contributed by atoms with Gasteiger partial charge in [-0.2, -0.15) is 0 Å². The molecule has 0 radical (unpaired) electrons. The molecule has 1 N–H and O–H groups in total. The number of amides is 3. The molecule has 1 heterocycles. The maximum atomic E-state index is 13.3. The summed E-state index contributed by atoms with van der Waals surface area (Å²) in [5, 5.41) is 2.73. The fourth-order valence-corrected chi connectivity index (χ4v) is 3.70. The molecule has 0 spiro atoms. The number of carbonyl (C=O) groups is 4. The first-order valence-electron chi connectivity index (χ1n) is 9.99. The summed E-state index contributed by atoms with van der Waals surface area (Å²) in [7, 11) is 1.27. The number of carbonyl (C=O) groups excluding carboxylic acids is 4. The highest BCUT2D eigenvalue weighted by Gasteiger charge is 2.42. The lowest BCUT2D eigenvalue weighted by Gasteiger charge is -2.25. The van der Waals surface area contributed by atoms with Gasteiger partial charge in [0.2, 0.25) is 5.91 Å². The van der Waals surface area contributed by atoms with Crippen molar-refractivity contribution in [3.05, 3.63) is 101 Å². The van der Waals surface area contributed by atoms with Gasteiger partial charge in [-0.3, -0.25) is 19.3 Å². The zero-order chi connectivity index (χ0) is 22.7. The van der Waals surface area contributed by atoms with Crippen LogP contribution in [0.5, 0.6) is 0 Å². The summed E-state index contributed by atoms with van der Waals surface area (Å²) in [5.41, 5.74) is 1.97. The van der Waals surface area contributed by atoms with Gasteiger partial charge >= 0.3 is 5.97 Å². The number of imide groups is 1. The van der Waals surface area contributed by atoms with Crippen LogP contribution in [0.1, 0.15) is 36.6 Å². The first-order chi connectivity index (χ1) is 15.5. The molecule has 4 rings (SSSR count). The average molecular weight is 428 g/mol. The summed E-state index contributed by atoms with van der Waals surface area (Å²) >= 11 is 0. The van der Waals surface area contributed by atoms with Crippen LogP contribution in [0.4, 0.5) is 5.69 Å². The van der Waals surface area contributed by atoms with E-state index in [4.69, 9.17) is 4.74 Å². The molecule has 1 aliphatic heterocycles. The Labute approximate surface area is 184 Å². The highest BCUT2D eigenvalue weighted by Crippen LogP contribution is 2.26. The number of rotatable bonds is 6. The van der Waals surface area contributed by atoms with Crippen LogP contribution in [0.15, 0.2) is 78.9 Å². The molecule has 3 aromatic rings. The molecule has 0 unspecified atom stereocenters. The summed E-state index contributed by atoms with van der Waals surface area (Å²) in [4.78, 5) is 52.2. The molecule has 7 heteroatoms. The molecule has 0 aliphatic carbocycles. The van der Waals surface area contributed by atoms with Crippen LogP contribution in [-0.4, -0.2) is 41.7 Å². The molecule has 0 fully saturated rings. The highest BCUT2D eigenvalue weighted by atomic mass is 16.5. The number of methoxy groups -OCH3 is 1. The number of anilines is 1. The van der Waals surface area contributed by atoms with Crippen molar-refractivity contribution in [1.82, 2.24) is 4.90 Å². The molecule has 3 aromatic carbocycles. The van der Waals surface area contributed by atoms with Gasteiger partial charge in [0.05, 0.1) is 23.8 Å². The topological polar surface area (TPSA) is 92.8 Å². The van der Waals surface area contributed by atoms with Crippen LogP contribution in [0.25, 0.3) is 0 Å². The first-order valence-corrected chi connectivity index (χ1v) is 9.99. The lowest BCUT2D eigenvalue weighted by atomic mass is 10.0. The minimum atomic E-state index is -1.08. The zero-order valence-electron chi connectivity index (χ0n) is 17.3. The fourth-order valence-electron chi connectivity index (χ4n) is 3.70. The lowest BCUT2D eigenvalue weighted by molar-refractivity contribution is -0.119. The SMILES string of the molecule is COC(=O)c1cccc(NC(=O)[C@H](Cc2ccccc2)N2C(=O)c3ccccc3C2=O)c1. The van der Waals surface area contributed by atoms with E-state index in [1.807, 2.05) is 30.3 Å². The summed E-state index contributed by atoms with van der Waals surface area (Å²) in [5.74, 6) is -2.09. The van der Waals surface area contributed by atoms with Crippen molar-refractivity contribution in [3.8, 4) is 0 Å². The number of nitrogens with one attached hydrogen (secondary N) is 1. The van der Waals surface area contributed by atoms with E-state index in [2.05, 4.69) is 5.32 Å². The minimum Gasteiger partial charge on any atom is -0.465 e. The number of hydrogen-bond acceptors (Lipinski definition) is 5.